The van der Waals surface area contributed by atoms with Crippen LogP contribution in [0.15, 0.2) is 5.16 Å². The molecule has 0 aliphatic carbocycles. The second kappa shape index (κ2) is 7.09. The van der Waals surface area contributed by atoms with Crippen molar-refractivity contribution in [3.05, 3.63) is 0 Å². The van der Waals surface area contributed by atoms with Gasteiger partial charge in [-0.25, -0.2) is 0 Å². The van der Waals surface area contributed by atoms with E-state index in [1.807, 2.05) is 11.8 Å². The molecule has 2 fully saturated rings. The van der Waals surface area contributed by atoms with E-state index in [0.29, 0.717) is 19.7 Å². The highest BCUT2D eigenvalue weighted by atomic mass is 16.5. The predicted molar refractivity (Wildman–Crippen MR) is 79.2 cm³/mol. The van der Waals surface area contributed by atoms with Crippen LogP contribution in [-0.2, 0) is 9.53 Å². The zero-order valence-corrected chi connectivity index (χ0v) is 12.9. The number of hydrogen-bond acceptors (Lipinski definition) is 5. The van der Waals surface area contributed by atoms with Gasteiger partial charge in [0, 0.05) is 32.8 Å². The van der Waals surface area contributed by atoms with Gasteiger partial charge in [0.15, 0.2) is 5.84 Å². The number of rotatable bonds is 4. The van der Waals surface area contributed by atoms with E-state index in [1.165, 1.54) is 0 Å². The molecule has 0 aromatic rings. The Bertz CT molecular complexity index is 394. The van der Waals surface area contributed by atoms with Crippen molar-refractivity contribution in [1.29, 1.82) is 0 Å². The Morgan fingerprint density at radius 1 is 1.43 bits per heavy atom. The van der Waals surface area contributed by atoms with Gasteiger partial charge >= 0.3 is 0 Å². The first kappa shape index (κ1) is 16.0. The van der Waals surface area contributed by atoms with Gasteiger partial charge in [-0.05, 0) is 19.8 Å². The van der Waals surface area contributed by atoms with E-state index in [1.54, 1.807) is 0 Å². The highest BCUT2D eigenvalue weighted by molar-refractivity contribution is 5.85. The van der Waals surface area contributed by atoms with Crippen LogP contribution in [0.25, 0.3) is 0 Å². The largest absolute Gasteiger partial charge is 0.409 e. The van der Waals surface area contributed by atoms with Crippen LogP contribution >= 0.6 is 0 Å². The first-order valence-corrected chi connectivity index (χ1v) is 7.70. The molecule has 120 valence electrons. The summed E-state index contributed by atoms with van der Waals surface area (Å²) in [4.78, 5) is 16.6. The Kier molecular flexibility index (Phi) is 5.41. The molecule has 7 heteroatoms. The fraction of sp³-hybridized carbons (Fsp3) is 0.857. The third-order valence-corrected chi connectivity index (χ3v) is 4.65. The molecule has 2 rings (SSSR count). The van der Waals surface area contributed by atoms with Crippen LogP contribution in [0, 0.1) is 5.92 Å². The van der Waals surface area contributed by atoms with E-state index in [4.69, 9.17) is 15.7 Å². The van der Waals surface area contributed by atoms with Crippen molar-refractivity contribution in [2.45, 2.75) is 38.8 Å². The highest BCUT2D eigenvalue weighted by Crippen LogP contribution is 2.26. The van der Waals surface area contributed by atoms with Gasteiger partial charge < -0.3 is 20.6 Å². The smallest absolute Gasteiger partial charge is 0.228 e. The highest BCUT2D eigenvalue weighted by Gasteiger charge is 2.36. The number of oxime groups is 1. The quantitative estimate of drug-likeness (QED) is 0.332. The summed E-state index contributed by atoms with van der Waals surface area (Å²) in [6.45, 7) is 7.53. The average molecular weight is 298 g/mol. The number of carbonyl (C=O) groups is 1. The average Bonchev–Trinajstić information content (AvgIpc) is 3.01. The third kappa shape index (κ3) is 3.47. The first-order valence-electron chi connectivity index (χ1n) is 7.70. The number of piperazine rings is 1. The lowest BCUT2D eigenvalue weighted by Crippen LogP contribution is -2.55. The van der Waals surface area contributed by atoms with E-state index in [9.17, 15) is 4.79 Å². The Labute approximate surface area is 125 Å². The molecule has 3 atom stereocenters. The lowest BCUT2D eigenvalue weighted by Gasteiger charge is -2.38. The Hall–Kier alpha value is -1.34. The summed E-state index contributed by atoms with van der Waals surface area (Å²) in [5.41, 5.74) is 5.64. The van der Waals surface area contributed by atoms with Crippen LogP contribution in [0.3, 0.4) is 0 Å². The van der Waals surface area contributed by atoms with Gasteiger partial charge in [-0.2, -0.15) is 0 Å². The van der Waals surface area contributed by atoms with E-state index in [2.05, 4.69) is 17.0 Å². The minimum absolute atomic E-state index is 0.0167. The predicted octanol–water partition coefficient (Wildman–Crippen LogP) is 0.0806. The molecule has 2 saturated heterocycles. The molecule has 0 spiro atoms. The van der Waals surface area contributed by atoms with Gasteiger partial charge in [0.25, 0.3) is 0 Å². The molecular weight excluding hydrogens is 272 g/mol. The number of ether oxygens (including phenoxy) is 1. The zero-order valence-electron chi connectivity index (χ0n) is 12.9. The van der Waals surface area contributed by atoms with E-state index in [-0.39, 0.29) is 29.8 Å². The van der Waals surface area contributed by atoms with Gasteiger partial charge in [0.1, 0.15) is 0 Å². The number of amides is 1. The number of nitrogens with zero attached hydrogens (tertiary/aromatic N) is 3. The van der Waals surface area contributed by atoms with Crippen molar-refractivity contribution in [2.24, 2.45) is 16.8 Å². The molecule has 2 aliphatic heterocycles. The summed E-state index contributed by atoms with van der Waals surface area (Å²) in [7, 11) is 0. The maximum Gasteiger partial charge on any atom is 0.228 e. The van der Waals surface area contributed by atoms with E-state index in [0.717, 1.165) is 25.9 Å². The molecule has 3 N–H and O–H groups in total. The molecule has 0 saturated carbocycles. The third-order valence-electron chi connectivity index (χ3n) is 4.65. The lowest BCUT2D eigenvalue weighted by atomic mass is 9.97. The fourth-order valence-corrected chi connectivity index (χ4v) is 3.17. The zero-order chi connectivity index (χ0) is 15.4. The summed E-state index contributed by atoms with van der Waals surface area (Å²) >= 11 is 0. The summed E-state index contributed by atoms with van der Waals surface area (Å²) in [5, 5.41) is 11.8. The van der Waals surface area contributed by atoms with Crippen LogP contribution < -0.4 is 5.73 Å². The molecular formula is C14H26N4O3. The maximum atomic E-state index is 12.6. The SMILES string of the molecule is CCC1OCCC1C(=O)N1CCN(C(C)C(N)=NO)CC1. The van der Waals surface area contributed by atoms with Crippen molar-refractivity contribution in [2.75, 3.05) is 32.8 Å². The standard InChI is InChI=1S/C14H26N4O3/c1-3-12-11(4-9-21-12)14(19)18-7-5-17(6-8-18)10(2)13(15)16-20/h10-12,20H,3-9H2,1-2H3,(H2,15,16). The number of nitrogens with two attached hydrogens (primary N) is 1. The van der Waals surface area contributed by atoms with E-state index < -0.39 is 0 Å². The molecule has 0 aromatic carbocycles. The summed E-state index contributed by atoms with van der Waals surface area (Å²) < 4.78 is 5.61. The van der Waals surface area contributed by atoms with Crippen LogP contribution in [0.1, 0.15) is 26.7 Å². The lowest BCUT2D eigenvalue weighted by molar-refractivity contribution is -0.139. The molecule has 2 aliphatic rings. The summed E-state index contributed by atoms with van der Waals surface area (Å²) in [5.74, 6) is 0.448. The molecule has 0 bridgehead atoms. The number of carbonyl (C=O) groups excluding carboxylic acids is 1. The monoisotopic (exact) mass is 298 g/mol. The van der Waals surface area contributed by atoms with Gasteiger partial charge in [0.2, 0.25) is 5.91 Å². The molecule has 21 heavy (non-hydrogen) atoms. The minimum Gasteiger partial charge on any atom is -0.409 e. The molecule has 3 unspecified atom stereocenters. The van der Waals surface area contributed by atoms with Crippen LogP contribution in [0.4, 0.5) is 0 Å². The molecule has 2 heterocycles. The topological polar surface area (TPSA) is 91.4 Å². The summed E-state index contributed by atoms with van der Waals surface area (Å²) in [6, 6.07) is -0.106. The normalized spacial score (nSPS) is 29.6. The van der Waals surface area contributed by atoms with Gasteiger partial charge in [-0.15, -0.1) is 0 Å². The maximum absolute atomic E-state index is 12.6. The van der Waals surface area contributed by atoms with Crippen LogP contribution in [0.5, 0.6) is 0 Å². The van der Waals surface area contributed by atoms with Gasteiger partial charge in [-0.1, -0.05) is 12.1 Å². The second-order valence-corrected chi connectivity index (χ2v) is 5.77. The van der Waals surface area contributed by atoms with Crippen LogP contribution in [0.2, 0.25) is 0 Å². The van der Waals surface area contributed by atoms with Crippen molar-refractivity contribution >= 4 is 11.7 Å². The number of amidine groups is 1. The van der Waals surface area contributed by atoms with Crippen molar-refractivity contribution in [3.8, 4) is 0 Å². The van der Waals surface area contributed by atoms with Crippen molar-refractivity contribution < 1.29 is 14.7 Å². The fourth-order valence-electron chi connectivity index (χ4n) is 3.17. The molecule has 0 radical (unpaired) electrons. The van der Waals surface area contributed by atoms with E-state index >= 15 is 0 Å². The second-order valence-electron chi connectivity index (χ2n) is 5.77. The Balaban J connectivity index is 1.87. The Morgan fingerprint density at radius 3 is 2.67 bits per heavy atom. The van der Waals surface area contributed by atoms with Gasteiger partial charge in [0.05, 0.1) is 18.1 Å². The van der Waals surface area contributed by atoms with Crippen LogP contribution in [-0.4, -0.2) is 71.7 Å². The van der Waals surface area contributed by atoms with Gasteiger partial charge in [-0.3, -0.25) is 9.69 Å². The molecule has 1 amide bonds. The van der Waals surface area contributed by atoms with Crippen molar-refractivity contribution in [1.82, 2.24) is 9.80 Å². The molecule has 7 nitrogen and oxygen atoms in total. The summed E-state index contributed by atoms with van der Waals surface area (Å²) in [6.07, 6.45) is 1.79. The molecule has 0 aromatic heterocycles. The first-order chi connectivity index (χ1) is 10.1. The Morgan fingerprint density at radius 2 is 2.10 bits per heavy atom. The minimum atomic E-state index is -0.106. The number of hydrogen-bond donors (Lipinski definition) is 2. The van der Waals surface area contributed by atoms with Crippen molar-refractivity contribution in [3.63, 3.8) is 0 Å².